The minimum absolute atomic E-state index is 0.126. The molecule has 10 heteroatoms. The van der Waals surface area contributed by atoms with Crippen LogP contribution >= 0.6 is 0 Å². The van der Waals surface area contributed by atoms with Gasteiger partial charge in [-0.2, -0.15) is 0 Å². The van der Waals surface area contributed by atoms with Gasteiger partial charge in [-0.3, -0.25) is 4.79 Å². The number of hydrogen-bond acceptors (Lipinski definition) is 7. The third-order valence-electron chi connectivity index (χ3n) is 4.08. The number of esters is 1. The summed E-state index contributed by atoms with van der Waals surface area (Å²) < 4.78 is 25.1. The molecule has 1 heterocycles. The van der Waals surface area contributed by atoms with Crippen molar-refractivity contribution >= 4 is 11.9 Å². The molecular formula is C19H18FN5O4. The summed E-state index contributed by atoms with van der Waals surface area (Å²) in [5, 5.41) is 10.8. The van der Waals surface area contributed by atoms with E-state index < -0.39 is 24.3 Å². The van der Waals surface area contributed by atoms with Crippen LogP contribution in [0.5, 0.6) is 5.75 Å². The minimum atomic E-state index is -0.655. The molecule has 0 spiro atoms. The van der Waals surface area contributed by atoms with Gasteiger partial charge in [-0.1, -0.05) is 12.1 Å². The SMILES string of the molecule is COc1ccc(CN(C)C(=O)COC(=O)c2cccc(-n3cnnn3)c2)cc1F. The number of carbonyl (C=O) groups is 2. The fraction of sp³-hybridized carbons (Fsp3) is 0.211. The van der Waals surface area contributed by atoms with Crippen molar-refractivity contribution in [3.63, 3.8) is 0 Å². The molecule has 0 aliphatic carbocycles. The van der Waals surface area contributed by atoms with Crippen LogP contribution in [0.1, 0.15) is 15.9 Å². The molecule has 0 unspecified atom stereocenters. The zero-order valence-corrected chi connectivity index (χ0v) is 15.8. The number of amides is 1. The van der Waals surface area contributed by atoms with Gasteiger partial charge in [0.1, 0.15) is 6.33 Å². The number of carbonyl (C=O) groups excluding carboxylic acids is 2. The number of likely N-dealkylation sites (N-methyl/N-ethyl adjacent to an activating group) is 1. The summed E-state index contributed by atoms with van der Waals surface area (Å²) >= 11 is 0. The lowest BCUT2D eigenvalue weighted by Gasteiger charge is -2.17. The Hall–Kier alpha value is -3.82. The fourth-order valence-electron chi connectivity index (χ4n) is 2.55. The number of methoxy groups -OCH3 is 1. The van der Waals surface area contributed by atoms with Crippen molar-refractivity contribution in [3.05, 3.63) is 65.7 Å². The third kappa shape index (κ3) is 4.92. The van der Waals surface area contributed by atoms with Gasteiger partial charge in [0.25, 0.3) is 5.91 Å². The molecule has 0 aliphatic rings. The minimum Gasteiger partial charge on any atom is -0.494 e. The standard InChI is InChI=1S/C19H18FN5O4/c1-24(10-13-6-7-17(28-2)16(20)8-13)18(26)11-29-19(27)14-4-3-5-15(9-14)25-12-21-22-23-25/h3-9,12H,10-11H2,1-2H3. The zero-order valence-electron chi connectivity index (χ0n) is 15.8. The monoisotopic (exact) mass is 399 g/mol. The van der Waals surface area contributed by atoms with E-state index in [0.29, 0.717) is 11.3 Å². The van der Waals surface area contributed by atoms with Crippen LogP contribution in [0.3, 0.4) is 0 Å². The fourth-order valence-corrected chi connectivity index (χ4v) is 2.55. The lowest BCUT2D eigenvalue weighted by atomic mass is 10.2. The lowest BCUT2D eigenvalue weighted by molar-refractivity contribution is -0.133. The van der Waals surface area contributed by atoms with Crippen LogP contribution in [0.15, 0.2) is 48.8 Å². The topological polar surface area (TPSA) is 99.4 Å². The van der Waals surface area contributed by atoms with Gasteiger partial charge >= 0.3 is 5.97 Å². The molecule has 9 nitrogen and oxygen atoms in total. The van der Waals surface area contributed by atoms with Crippen LogP contribution in [0.2, 0.25) is 0 Å². The first kappa shape index (κ1) is 19.9. The van der Waals surface area contributed by atoms with Gasteiger partial charge in [-0.15, -0.1) is 5.10 Å². The van der Waals surface area contributed by atoms with E-state index in [2.05, 4.69) is 15.5 Å². The smallest absolute Gasteiger partial charge is 0.338 e. The van der Waals surface area contributed by atoms with Crippen molar-refractivity contribution in [3.8, 4) is 11.4 Å². The maximum absolute atomic E-state index is 13.8. The lowest BCUT2D eigenvalue weighted by Crippen LogP contribution is -2.30. The summed E-state index contributed by atoms with van der Waals surface area (Å²) in [5.74, 6) is -1.47. The molecule has 0 atom stereocenters. The Morgan fingerprint density at radius 2 is 2.03 bits per heavy atom. The van der Waals surface area contributed by atoms with E-state index in [0.717, 1.165) is 0 Å². The molecule has 0 bridgehead atoms. The van der Waals surface area contributed by atoms with Gasteiger partial charge in [-0.25, -0.2) is 13.9 Å². The normalized spacial score (nSPS) is 10.4. The molecule has 1 amide bonds. The highest BCUT2D eigenvalue weighted by molar-refractivity contribution is 5.91. The van der Waals surface area contributed by atoms with E-state index in [9.17, 15) is 14.0 Å². The molecule has 2 aromatic carbocycles. The Kier molecular flexibility index (Phi) is 6.12. The Balaban J connectivity index is 1.56. The predicted octanol–water partition coefficient (Wildman–Crippen LogP) is 1.63. The molecule has 1 aromatic heterocycles. The highest BCUT2D eigenvalue weighted by Crippen LogP contribution is 2.18. The highest BCUT2D eigenvalue weighted by Gasteiger charge is 2.15. The number of ether oxygens (including phenoxy) is 2. The van der Waals surface area contributed by atoms with E-state index >= 15 is 0 Å². The molecule has 0 N–H and O–H groups in total. The maximum Gasteiger partial charge on any atom is 0.338 e. The zero-order chi connectivity index (χ0) is 20.8. The summed E-state index contributed by atoms with van der Waals surface area (Å²) in [7, 11) is 2.91. The first-order chi connectivity index (χ1) is 14.0. The number of hydrogen-bond donors (Lipinski definition) is 0. The van der Waals surface area contributed by atoms with Crippen molar-refractivity contribution < 1.29 is 23.5 Å². The first-order valence-electron chi connectivity index (χ1n) is 8.55. The van der Waals surface area contributed by atoms with E-state index in [1.165, 1.54) is 42.2 Å². The Morgan fingerprint density at radius 1 is 1.21 bits per heavy atom. The van der Waals surface area contributed by atoms with E-state index in [-0.39, 0.29) is 17.9 Å². The Bertz CT molecular complexity index is 1010. The Labute approximate surface area is 165 Å². The molecule has 3 aromatic rings. The summed E-state index contributed by atoms with van der Waals surface area (Å²) in [6, 6.07) is 10.9. The van der Waals surface area contributed by atoms with Gasteiger partial charge < -0.3 is 14.4 Å². The summed E-state index contributed by atoms with van der Waals surface area (Å²) in [4.78, 5) is 25.8. The van der Waals surface area contributed by atoms with E-state index in [1.54, 1.807) is 30.3 Å². The first-order valence-corrected chi connectivity index (χ1v) is 8.55. The van der Waals surface area contributed by atoms with Gasteiger partial charge in [0.2, 0.25) is 0 Å². The molecule has 0 aliphatic heterocycles. The second kappa shape index (κ2) is 8.91. The van der Waals surface area contributed by atoms with Gasteiger partial charge in [0.05, 0.1) is 18.4 Å². The molecule has 0 radical (unpaired) electrons. The van der Waals surface area contributed by atoms with Crippen LogP contribution in [0, 0.1) is 5.82 Å². The molecule has 0 saturated heterocycles. The molecule has 150 valence electrons. The summed E-state index contributed by atoms with van der Waals surface area (Å²) in [6.07, 6.45) is 1.39. The quantitative estimate of drug-likeness (QED) is 0.557. The summed E-state index contributed by atoms with van der Waals surface area (Å²) in [6.45, 7) is -0.283. The van der Waals surface area contributed by atoms with Crippen molar-refractivity contribution in [1.29, 1.82) is 0 Å². The van der Waals surface area contributed by atoms with Crippen LogP contribution in [0.4, 0.5) is 4.39 Å². The maximum atomic E-state index is 13.8. The number of nitrogens with zero attached hydrogens (tertiary/aromatic N) is 5. The highest BCUT2D eigenvalue weighted by atomic mass is 19.1. The largest absolute Gasteiger partial charge is 0.494 e. The van der Waals surface area contributed by atoms with Crippen LogP contribution in [-0.4, -0.2) is 57.7 Å². The second-order valence-corrected chi connectivity index (χ2v) is 6.10. The molecule has 0 fully saturated rings. The second-order valence-electron chi connectivity index (χ2n) is 6.10. The van der Waals surface area contributed by atoms with Gasteiger partial charge in [0, 0.05) is 13.6 Å². The number of halogens is 1. The van der Waals surface area contributed by atoms with Crippen molar-refractivity contribution in [2.75, 3.05) is 20.8 Å². The van der Waals surface area contributed by atoms with Gasteiger partial charge in [0.15, 0.2) is 18.2 Å². The number of tetrazole rings is 1. The number of rotatable bonds is 7. The van der Waals surface area contributed by atoms with Crippen molar-refractivity contribution in [2.24, 2.45) is 0 Å². The summed E-state index contributed by atoms with van der Waals surface area (Å²) in [5.41, 5.74) is 1.42. The average Bonchev–Trinajstić information content (AvgIpc) is 3.27. The van der Waals surface area contributed by atoms with Crippen LogP contribution in [0.25, 0.3) is 5.69 Å². The molecule has 29 heavy (non-hydrogen) atoms. The van der Waals surface area contributed by atoms with Crippen molar-refractivity contribution in [1.82, 2.24) is 25.1 Å². The molecule has 0 saturated carbocycles. The number of aromatic nitrogens is 4. The molecule has 3 rings (SSSR count). The van der Waals surface area contributed by atoms with E-state index in [1.807, 2.05) is 0 Å². The molecular weight excluding hydrogens is 381 g/mol. The third-order valence-corrected chi connectivity index (χ3v) is 4.08. The Morgan fingerprint density at radius 3 is 2.72 bits per heavy atom. The van der Waals surface area contributed by atoms with Gasteiger partial charge in [-0.05, 0) is 46.3 Å². The van der Waals surface area contributed by atoms with Crippen molar-refractivity contribution in [2.45, 2.75) is 6.54 Å². The average molecular weight is 399 g/mol. The van der Waals surface area contributed by atoms with Crippen LogP contribution < -0.4 is 4.74 Å². The predicted molar refractivity (Wildman–Crippen MR) is 98.9 cm³/mol. The van der Waals surface area contributed by atoms with E-state index in [4.69, 9.17) is 9.47 Å². The van der Waals surface area contributed by atoms with Crippen LogP contribution in [-0.2, 0) is 16.1 Å². The number of benzene rings is 2.